The van der Waals surface area contributed by atoms with Crippen molar-refractivity contribution in [1.82, 2.24) is 29.0 Å². The van der Waals surface area contributed by atoms with Crippen molar-refractivity contribution in [2.75, 3.05) is 18.4 Å². The molecule has 0 radical (unpaired) electrons. The van der Waals surface area contributed by atoms with E-state index < -0.39 is 53.5 Å². The van der Waals surface area contributed by atoms with Crippen molar-refractivity contribution in [2.45, 2.75) is 57.2 Å². The minimum absolute atomic E-state index is 0.0118. The van der Waals surface area contributed by atoms with Crippen molar-refractivity contribution in [2.24, 2.45) is 0 Å². The fourth-order valence-electron chi connectivity index (χ4n) is 6.84. The van der Waals surface area contributed by atoms with Gasteiger partial charge in [0, 0.05) is 24.8 Å². The predicted molar refractivity (Wildman–Crippen MR) is 181 cm³/mol. The first-order chi connectivity index (χ1) is 24.7. The van der Waals surface area contributed by atoms with E-state index in [0.29, 0.717) is 22.9 Å². The highest BCUT2D eigenvalue weighted by Gasteiger charge is 2.50. The number of fused-ring (bicyclic) bond motifs is 3. The van der Waals surface area contributed by atoms with Gasteiger partial charge in [-0.25, -0.2) is 4.98 Å². The molecule has 7 rings (SSSR count). The molecule has 0 saturated carbocycles. The van der Waals surface area contributed by atoms with E-state index >= 15 is 0 Å². The molecule has 3 N–H and O–H groups in total. The number of carbonyl (C=O) groups excluding carboxylic acids is 2. The summed E-state index contributed by atoms with van der Waals surface area (Å²) >= 11 is 6.13. The summed E-state index contributed by atoms with van der Waals surface area (Å²) in [6.07, 6.45) is -4.29. The molecule has 3 aromatic heterocycles. The van der Waals surface area contributed by atoms with E-state index in [2.05, 4.69) is 20.4 Å². The quantitative estimate of drug-likeness (QED) is 0.211. The van der Waals surface area contributed by atoms with E-state index in [1.807, 2.05) is 0 Å². The summed E-state index contributed by atoms with van der Waals surface area (Å²) in [4.78, 5) is 51.4. The topological polar surface area (TPSA) is 164 Å². The standard InChI is InChI=1S/C35H31ClF3N7O6/c1-18(47)20-5-7-21(8-6-20)30-42-33-45(17-26(49)41-24-10-9-22(16-23(24)36)35(37,38)39)29-19(2)52-34(27(29)31(50)46(33)43-30)11-14-44(15-12-34)32(51)28-25(48)4-3-13-40-28/h3-10,13,16,18-19,47-48H,11-12,14-15,17H2,1-2H3,(H,41,49)/t18-,19+/m0/s1. The number of alkyl halides is 3. The van der Waals surface area contributed by atoms with Gasteiger partial charge in [0.1, 0.15) is 17.9 Å². The van der Waals surface area contributed by atoms with Crippen LogP contribution in [-0.2, 0) is 27.9 Å². The number of likely N-dealkylation sites (tertiary alicyclic amines) is 1. The van der Waals surface area contributed by atoms with Crippen LogP contribution in [0.5, 0.6) is 5.75 Å². The van der Waals surface area contributed by atoms with E-state index in [9.17, 15) is 37.8 Å². The average molecular weight is 738 g/mol. The number of amides is 2. The number of aromatic hydroxyl groups is 1. The van der Waals surface area contributed by atoms with Crippen LogP contribution in [0.4, 0.5) is 18.9 Å². The van der Waals surface area contributed by atoms with Crippen LogP contribution in [0.3, 0.4) is 0 Å². The minimum atomic E-state index is -4.63. The Balaban J connectivity index is 1.28. The number of nitrogens with one attached hydrogen (secondary N) is 1. The summed E-state index contributed by atoms with van der Waals surface area (Å²) in [5, 5.41) is 26.9. The van der Waals surface area contributed by atoms with Crippen molar-refractivity contribution in [3.63, 3.8) is 0 Å². The summed E-state index contributed by atoms with van der Waals surface area (Å²) in [5.41, 5.74) is -1.05. The molecule has 1 saturated heterocycles. The summed E-state index contributed by atoms with van der Waals surface area (Å²) in [6.45, 7) is 3.21. The predicted octanol–water partition coefficient (Wildman–Crippen LogP) is 5.25. The molecule has 13 nitrogen and oxygen atoms in total. The van der Waals surface area contributed by atoms with Crippen molar-refractivity contribution < 1.29 is 37.7 Å². The Morgan fingerprint density at radius 2 is 1.85 bits per heavy atom. The number of hydrogen-bond donors (Lipinski definition) is 3. The monoisotopic (exact) mass is 737 g/mol. The maximum absolute atomic E-state index is 14.4. The van der Waals surface area contributed by atoms with Crippen molar-refractivity contribution in [3.8, 4) is 17.1 Å². The fraction of sp³-hybridized carbons (Fsp3) is 0.314. The third kappa shape index (κ3) is 6.16. The normalized spacial score (nSPS) is 17.4. The van der Waals surface area contributed by atoms with Gasteiger partial charge in [0.25, 0.3) is 11.5 Å². The molecule has 2 aliphatic heterocycles. The van der Waals surface area contributed by atoms with Crippen LogP contribution in [0.2, 0.25) is 5.02 Å². The number of hydrogen-bond acceptors (Lipinski definition) is 9. The smallest absolute Gasteiger partial charge is 0.416 e. The van der Waals surface area contributed by atoms with E-state index in [1.165, 1.54) is 27.8 Å². The number of aliphatic hydroxyl groups is 1. The number of benzene rings is 2. The summed E-state index contributed by atoms with van der Waals surface area (Å²) < 4.78 is 48.8. The molecule has 0 aliphatic carbocycles. The maximum atomic E-state index is 14.4. The number of carbonyl (C=O) groups is 2. The van der Waals surface area contributed by atoms with Gasteiger partial charge in [-0.15, -0.1) is 5.10 Å². The summed E-state index contributed by atoms with van der Waals surface area (Å²) in [7, 11) is 0. The Hall–Kier alpha value is -5.32. The highest BCUT2D eigenvalue weighted by atomic mass is 35.5. The second kappa shape index (κ2) is 13.0. The zero-order chi connectivity index (χ0) is 37.1. The van der Waals surface area contributed by atoms with E-state index in [4.69, 9.17) is 16.3 Å². The molecule has 2 aromatic carbocycles. The molecular formula is C35H31ClF3N7O6. The third-order valence-corrected chi connectivity index (χ3v) is 9.71. The lowest BCUT2D eigenvalue weighted by Crippen LogP contribution is -2.47. The van der Waals surface area contributed by atoms with Crippen molar-refractivity contribution >= 4 is 34.9 Å². The molecule has 1 fully saturated rings. The van der Waals surface area contributed by atoms with Crippen LogP contribution in [0, 0.1) is 0 Å². The second-order valence-corrected chi connectivity index (χ2v) is 13.2. The number of nitrogens with zero attached hydrogens (tertiary/aromatic N) is 6. The first-order valence-corrected chi connectivity index (χ1v) is 16.6. The average Bonchev–Trinajstić information content (AvgIpc) is 3.67. The largest absolute Gasteiger partial charge is 0.505 e. The van der Waals surface area contributed by atoms with Gasteiger partial charge in [0.05, 0.1) is 39.7 Å². The fourth-order valence-corrected chi connectivity index (χ4v) is 7.07. The lowest BCUT2D eigenvalue weighted by atomic mass is 9.85. The van der Waals surface area contributed by atoms with Gasteiger partial charge >= 0.3 is 6.18 Å². The molecule has 270 valence electrons. The first kappa shape index (κ1) is 35.1. The van der Waals surface area contributed by atoms with E-state index in [0.717, 1.165) is 16.6 Å². The van der Waals surface area contributed by atoms with Gasteiger partial charge in [-0.3, -0.25) is 14.4 Å². The summed E-state index contributed by atoms with van der Waals surface area (Å²) in [6, 6.07) is 12.2. The number of anilines is 1. The molecule has 5 heterocycles. The minimum Gasteiger partial charge on any atom is -0.505 e. The van der Waals surface area contributed by atoms with Crippen LogP contribution < -0.4 is 10.9 Å². The maximum Gasteiger partial charge on any atom is 0.416 e. The van der Waals surface area contributed by atoms with Gasteiger partial charge in [-0.05, 0) is 62.6 Å². The Morgan fingerprint density at radius 3 is 2.48 bits per heavy atom. The molecule has 0 unspecified atom stereocenters. The Labute approximate surface area is 298 Å². The summed E-state index contributed by atoms with van der Waals surface area (Å²) in [5.74, 6) is -1.24. The third-order valence-electron chi connectivity index (χ3n) is 9.40. The van der Waals surface area contributed by atoms with Crippen LogP contribution >= 0.6 is 11.6 Å². The second-order valence-electron chi connectivity index (χ2n) is 12.8. The molecular weight excluding hydrogens is 707 g/mol. The highest BCUT2D eigenvalue weighted by molar-refractivity contribution is 6.33. The van der Waals surface area contributed by atoms with Crippen LogP contribution in [0.25, 0.3) is 17.2 Å². The number of aromatic nitrogens is 5. The number of piperidine rings is 1. The molecule has 0 bridgehead atoms. The van der Waals surface area contributed by atoms with E-state index in [-0.39, 0.29) is 65.3 Å². The molecule has 17 heteroatoms. The molecule has 2 atom stereocenters. The van der Waals surface area contributed by atoms with E-state index in [1.54, 1.807) is 38.1 Å². The molecule has 2 aliphatic rings. The SMILES string of the molecule is C[C@H](O)c1ccc(-c2nc3n(CC(=O)Nc4ccc(C(F)(F)F)cc4Cl)c4c(c(=O)n3n2)C2(CCN(C(=O)c3ncccc3O)CC2)O[C@@H]4C)cc1. The van der Waals surface area contributed by atoms with Gasteiger partial charge < -0.3 is 29.7 Å². The Kier molecular flexibility index (Phi) is 8.79. The van der Waals surface area contributed by atoms with Gasteiger partial charge in [-0.1, -0.05) is 35.9 Å². The van der Waals surface area contributed by atoms with Gasteiger partial charge in [0.15, 0.2) is 11.5 Å². The molecule has 52 heavy (non-hydrogen) atoms. The first-order valence-electron chi connectivity index (χ1n) is 16.3. The lowest BCUT2D eigenvalue weighted by molar-refractivity contribution is -0.137. The zero-order valence-electron chi connectivity index (χ0n) is 27.7. The van der Waals surface area contributed by atoms with Crippen LogP contribution in [-0.4, -0.2) is 64.2 Å². The Bertz CT molecular complexity index is 2280. The number of aliphatic hydroxyl groups excluding tert-OH is 1. The van der Waals surface area contributed by atoms with Gasteiger partial charge in [0.2, 0.25) is 11.7 Å². The Morgan fingerprint density at radius 1 is 1.13 bits per heavy atom. The lowest BCUT2D eigenvalue weighted by Gasteiger charge is -2.39. The number of pyridine rings is 1. The highest BCUT2D eigenvalue weighted by Crippen LogP contribution is 2.48. The molecule has 1 spiro atoms. The van der Waals surface area contributed by atoms with Crippen LogP contribution in [0.15, 0.2) is 65.6 Å². The van der Waals surface area contributed by atoms with Crippen LogP contribution in [0.1, 0.15) is 71.8 Å². The van der Waals surface area contributed by atoms with Gasteiger partial charge in [-0.2, -0.15) is 22.7 Å². The molecule has 2 amide bonds. The zero-order valence-corrected chi connectivity index (χ0v) is 28.4. The molecule has 5 aromatic rings. The number of ether oxygens (including phenoxy) is 1. The number of halogens is 4. The number of rotatable bonds is 6. The van der Waals surface area contributed by atoms with Crippen molar-refractivity contribution in [1.29, 1.82) is 0 Å². The van der Waals surface area contributed by atoms with Crippen molar-refractivity contribution in [3.05, 3.63) is 104 Å².